The lowest BCUT2D eigenvalue weighted by molar-refractivity contribution is -0.123. The highest BCUT2D eigenvalue weighted by atomic mass is 16.2. The van der Waals surface area contributed by atoms with Crippen LogP contribution >= 0.6 is 0 Å². The molecule has 0 saturated carbocycles. The Kier molecular flexibility index (Phi) is 6.66. The van der Waals surface area contributed by atoms with Gasteiger partial charge >= 0.3 is 0 Å². The molecule has 2 aliphatic heterocycles. The second kappa shape index (κ2) is 9.87. The third kappa shape index (κ3) is 4.99. The molecule has 2 heterocycles. The lowest BCUT2D eigenvalue weighted by Gasteiger charge is -2.41. The maximum absolute atomic E-state index is 13.3. The van der Waals surface area contributed by atoms with Crippen LogP contribution in [0.1, 0.15) is 63.4 Å². The molecule has 3 aromatic carbocycles. The number of aryl methyl sites for hydroxylation is 4. The van der Waals surface area contributed by atoms with E-state index in [0.29, 0.717) is 6.42 Å². The largest absolute Gasteiger partial charge is 0.371 e. The summed E-state index contributed by atoms with van der Waals surface area (Å²) in [7, 11) is 0. The molecule has 2 aliphatic rings. The van der Waals surface area contributed by atoms with Crippen LogP contribution in [0.4, 0.5) is 5.69 Å². The van der Waals surface area contributed by atoms with Crippen molar-refractivity contribution in [2.45, 2.75) is 65.0 Å². The molecule has 0 bridgehead atoms. The highest BCUT2D eigenvalue weighted by Gasteiger charge is 2.32. The zero-order valence-corrected chi connectivity index (χ0v) is 21.2. The molecule has 0 spiro atoms. The van der Waals surface area contributed by atoms with Crippen LogP contribution in [-0.2, 0) is 24.1 Å². The van der Waals surface area contributed by atoms with Gasteiger partial charge < -0.3 is 16.0 Å². The number of carbonyl (C=O) groups excluding carboxylic acids is 1. The summed E-state index contributed by atoms with van der Waals surface area (Å²) in [6.07, 6.45) is 4.69. The van der Waals surface area contributed by atoms with Gasteiger partial charge in [0, 0.05) is 18.8 Å². The Morgan fingerprint density at radius 2 is 1.77 bits per heavy atom. The van der Waals surface area contributed by atoms with Gasteiger partial charge in [0.25, 0.3) is 0 Å². The highest BCUT2D eigenvalue weighted by molar-refractivity contribution is 5.83. The van der Waals surface area contributed by atoms with E-state index in [2.05, 4.69) is 85.6 Å². The van der Waals surface area contributed by atoms with Gasteiger partial charge in [-0.2, -0.15) is 0 Å². The van der Waals surface area contributed by atoms with Gasteiger partial charge in [0.1, 0.15) is 0 Å². The van der Waals surface area contributed by atoms with E-state index in [1.165, 1.54) is 56.6 Å². The summed E-state index contributed by atoms with van der Waals surface area (Å²) >= 11 is 0. The number of nitrogens with zero attached hydrogens (tertiary/aromatic N) is 1. The second-order valence-corrected chi connectivity index (χ2v) is 10.5. The Morgan fingerprint density at radius 1 is 1.03 bits per heavy atom. The number of nitrogens with one attached hydrogen (secondary N) is 1. The fourth-order valence-electron chi connectivity index (χ4n) is 6.07. The molecule has 5 rings (SSSR count). The van der Waals surface area contributed by atoms with Crippen LogP contribution in [0.3, 0.4) is 0 Å². The Labute approximate surface area is 209 Å². The molecule has 0 saturated heterocycles. The Hall–Kier alpha value is -3.11. The van der Waals surface area contributed by atoms with Crippen LogP contribution < -0.4 is 16.0 Å². The smallest absolute Gasteiger partial charge is 0.237 e. The molecule has 0 radical (unpaired) electrons. The molecular formula is C31H37N3O. The molecule has 0 fully saturated rings. The second-order valence-electron chi connectivity index (χ2n) is 10.5. The van der Waals surface area contributed by atoms with Crippen molar-refractivity contribution in [3.8, 4) is 0 Å². The maximum Gasteiger partial charge on any atom is 0.237 e. The van der Waals surface area contributed by atoms with E-state index in [9.17, 15) is 4.79 Å². The maximum atomic E-state index is 13.3. The van der Waals surface area contributed by atoms with Gasteiger partial charge in [-0.25, -0.2) is 0 Å². The molecule has 0 aliphatic carbocycles. The van der Waals surface area contributed by atoms with Gasteiger partial charge in [-0.15, -0.1) is 0 Å². The van der Waals surface area contributed by atoms with Crippen molar-refractivity contribution in [1.29, 1.82) is 0 Å². The lowest BCUT2D eigenvalue weighted by Crippen LogP contribution is -2.46. The summed E-state index contributed by atoms with van der Waals surface area (Å²) < 4.78 is 0. The normalized spacial score (nSPS) is 17.6. The van der Waals surface area contributed by atoms with Gasteiger partial charge in [-0.1, -0.05) is 60.2 Å². The summed E-state index contributed by atoms with van der Waals surface area (Å²) in [5.74, 6) is -0.0548. The van der Waals surface area contributed by atoms with E-state index in [0.717, 1.165) is 32.4 Å². The van der Waals surface area contributed by atoms with E-state index < -0.39 is 6.04 Å². The topological polar surface area (TPSA) is 58.4 Å². The van der Waals surface area contributed by atoms with E-state index in [4.69, 9.17) is 5.73 Å². The van der Waals surface area contributed by atoms with Crippen molar-refractivity contribution in [2.75, 3.05) is 18.0 Å². The van der Waals surface area contributed by atoms with Gasteiger partial charge in [0.2, 0.25) is 5.91 Å². The molecule has 3 N–H and O–H groups in total. The summed E-state index contributed by atoms with van der Waals surface area (Å²) in [6.45, 7) is 8.41. The monoisotopic (exact) mass is 467 g/mol. The average molecular weight is 468 g/mol. The summed E-state index contributed by atoms with van der Waals surface area (Å²) in [6, 6.07) is 19.1. The first-order chi connectivity index (χ1) is 16.9. The van der Waals surface area contributed by atoms with E-state index in [-0.39, 0.29) is 11.9 Å². The molecule has 1 amide bonds. The van der Waals surface area contributed by atoms with E-state index in [1.807, 2.05) is 0 Å². The van der Waals surface area contributed by atoms with Crippen molar-refractivity contribution < 1.29 is 4.79 Å². The summed E-state index contributed by atoms with van der Waals surface area (Å²) in [5.41, 5.74) is 18.0. The van der Waals surface area contributed by atoms with Crippen molar-refractivity contribution in [3.63, 3.8) is 0 Å². The summed E-state index contributed by atoms with van der Waals surface area (Å²) in [5, 5.41) is 3.34. The number of benzene rings is 3. The number of carbonyl (C=O) groups is 1. The molecule has 35 heavy (non-hydrogen) atoms. The minimum absolute atomic E-state index is 0.00702. The third-order valence-corrected chi connectivity index (χ3v) is 7.70. The molecule has 4 nitrogen and oxygen atoms in total. The van der Waals surface area contributed by atoms with Crippen LogP contribution in [0.15, 0.2) is 54.6 Å². The predicted molar refractivity (Wildman–Crippen MR) is 144 cm³/mol. The molecule has 182 valence electrons. The van der Waals surface area contributed by atoms with Crippen LogP contribution in [0, 0.1) is 20.8 Å². The predicted octanol–water partition coefficient (Wildman–Crippen LogP) is 5.09. The van der Waals surface area contributed by atoms with Crippen molar-refractivity contribution in [2.24, 2.45) is 5.73 Å². The van der Waals surface area contributed by atoms with E-state index in [1.54, 1.807) is 0 Å². The van der Waals surface area contributed by atoms with Gasteiger partial charge in [0.15, 0.2) is 0 Å². The summed E-state index contributed by atoms with van der Waals surface area (Å²) in [4.78, 5) is 15.8. The number of nitrogens with two attached hydrogens (primary N) is 1. The Bertz CT molecular complexity index is 1210. The molecule has 0 aromatic heterocycles. The number of rotatable bonds is 6. The van der Waals surface area contributed by atoms with Gasteiger partial charge in [-0.3, -0.25) is 4.79 Å². The van der Waals surface area contributed by atoms with Gasteiger partial charge in [0.05, 0.1) is 12.1 Å². The quantitative estimate of drug-likeness (QED) is 0.531. The number of anilines is 1. The zero-order chi connectivity index (χ0) is 24.5. The minimum atomic E-state index is -0.559. The number of hydrogen-bond donors (Lipinski definition) is 2. The van der Waals surface area contributed by atoms with Crippen molar-refractivity contribution in [3.05, 3.63) is 99.1 Å². The zero-order valence-electron chi connectivity index (χ0n) is 21.2. The highest BCUT2D eigenvalue weighted by Crippen LogP contribution is 2.41. The van der Waals surface area contributed by atoms with Crippen molar-refractivity contribution >= 4 is 11.6 Å². The molecule has 4 heteroatoms. The third-order valence-electron chi connectivity index (χ3n) is 7.70. The standard InChI is InChI=1S/C31H37N3O/c1-20-14-21(2)26(22(3)15-20)19-28(32)31(35)33-29-11-13-34-12-7-10-25-17-24(18-27(29)30(25)34)16-23-8-5-4-6-9-23/h4-6,8-9,14-15,17-18,28-29H,7,10-13,16,19,32H2,1-3H3,(H,33,35)/t28-,29+/m0/s1. The van der Waals surface area contributed by atoms with E-state index >= 15 is 0 Å². The molecule has 2 atom stereocenters. The van der Waals surface area contributed by atoms with Gasteiger partial charge in [-0.05, 0) is 91.8 Å². The fraction of sp³-hybridized carbons (Fsp3) is 0.387. The Balaban J connectivity index is 1.38. The number of amides is 1. The minimum Gasteiger partial charge on any atom is -0.371 e. The lowest BCUT2D eigenvalue weighted by atomic mass is 9.86. The first-order valence-electron chi connectivity index (χ1n) is 13.0. The first kappa shape index (κ1) is 23.6. The van der Waals surface area contributed by atoms with Crippen molar-refractivity contribution in [1.82, 2.24) is 5.32 Å². The average Bonchev–Trinajstić information content (AvgIpc) is 2.83. The molecule has 3 aromatic rings. The number of hydrogen-bond acceptors (Lipinski definition) is 3. The fourth-order valence-corrected chi connectivity index (χ4v) is 6.07. The van der Waals surface area contributed by atoms with Crippen LogP contribution in [0.5, 0.6) is 0 Å². The molecule has 0 unspecified atom stereocenters. The Morgan fingerprint density at radius 3 is 2.51 bits per heavy atom. The van der Waals surface area contributed by atoms with Crippen LogP contribution in [0.2, 0.25) is 0 Å². The van der Waals surface area contributed by atoms with Crippen LogP contribution in [0.25, 0.3) is 0 Å². The first-order valence-corrected chi connectivity index (χ1v) is 13.0. The SMILES string of the molecule is Cc1cc(C)c(C[C@H](N)C(=O)N[C@@H]2CCN3CCCc4cc(Cc5ccccc5)cc2c43)c(C)c1. The van der Waals surface area contributed by atoms with Crippen LogP contribution in [-0.4, -0.2) is 25.0 Å². The molecular weight excluding hydrogens is 430 g/mol.